The summed E-state index contributed by atoms with van der Waals surface area (Å²) in [5.74, 6) is 0.729. The van der Waals surface area contributed by atoms with E-state index in [2.05, 4.69) is 20.6 Å². The molecule has 1 aromatic carbocycles. The second kappa shape index (κ2) is 8.30. The number of carbonyl (C=O) groups excluding carboxylic acids is 1. The highest BCUT2D eigenvalue weighted by Crippen LogP contribution is 2.29. The second-order valence-electron chi connectivity index (χ2n) is 6.05. The van der Waals surface area contributed by atoms with Gasteiger partial charge < -0.3 is 10.1 Å². The van der Waals surface area contributed by atoms with E-state index < -0.39 is 0 Å². The molecular formula is C19H23N5O2S. The van der Waals surface area contributed by atoms with Gasteiger partial charge in [-0.05, 0) is 51.5 Å². The molecule has 2 heterocycles. The minimum atomic E-state index is -0.0883. The first-order valence-corrected chi connectivity index (χ1v) is 9.78. The molecule has 7 nitrogen and oxygen atoms in total. The average molecular weight is 385 g/mol. The molecule has 0 atom stereocenters. The van der Waals surface area contributed by atoms with Gasteiger partial charge in [0.05, 0.1) is 23.7 Å². The van der Waals surface area contributed by atoms with Crippen LogP contribution in [0.25, 0.3) is 16.4 Å². The van der Waals surface area contributed by atoms with Crippen molar-refractivity contribution >= 4 is 17.2 Å². The van der Waals surface area contributed by atoms with E-state index in [1.54, 1.807) is 4.68 Å². The maximum absolute atomic E-state index is 12.3. The Labute approximate surface area is 162 Å². The average Bonchev–Trinajstić information content (AvgIpc) is 3.23. The smallest absolute Gasteiger partial charge is 0.263 e. The monoisotopic (exact) mass is 385 g/mol. The number of amides is 1. The van der Waals surface area contributed by atoms with Crippen LogP contribution in [-0.4, -0.2) is 39.0 Å². The van der Waals surface area contributed by atoms with Crippen LogP contribution in [-0.2, 0) is 0 Å². The molecule has 0 spiro atoms. The van der Waals surface area contributed by atoms with Crippen molar-refractivity contribution in [1.82, 2.24) is 25.3 Å². The zero-order chi connectivity index (χ0) is 19.4. The molecule has 0 fully saturated rings. The summed E-state index contributed by atoms with van der Waals surface area (Å²) >= 11 is 1.34. The van der Waals surface area contributed by atoms with Crippen LogP contribution in [0.1, 0.15) is 41.3 Å². The SMILES string of the molecule is CCCNC(=O)c1sc(-c2nnn(-c3ccc(OCC)cc3)c2C)nc1C. The molecule has 0 saturated heterocycles. The van der Waals surface area contributed by atoms with E-state index in [0.29, 0.717) is 34.4 Å². The summed E-state index contributed by atoms with van der Waals surface area (Å²) in [6, 6.07) is 7.69. The lowest BCUT2D eigenvalue weighted by atomic mass is 10.3. The topological polar surface area (TPSA) is 81.9 Å². The van der Waals surface area contributed by atoms with Crippen LogP contribution >= 0.6 is 11.3 Å². The lowest BCUT2D eigenvalue weighted by Gasteiger charge is -2.06. The van der Waals surface area contributed by atoms with Gasteiger partial charge in [-0.3, -0.25) is 4.79 Å². The Kier molecular flexibility index (Phi) is 5.85. The third kappa shape index (κ3) is 4.00. The molecule has 0 aliphatic rings. The van der Waals surface area contributed by atoms with Crippen LogP contribution in [0, 0.1) is 13.8 Å². The predicted molar refractivity (Wildman–Crippen MR) is 106 cm³/mol. The molecule has 2 aromatic heterocycles. The number of ether oxygens (including phenoxy) is 1. The first-order valence-electron chi connectivity index (χ1n) is 8.96. The number of nitrogens with zero attached hydrogens (tertiary/aromatic N) is 4. The van der Waals surface area contributed by atoms with Crippen molar-refractivity contribution in [1.29, 1.82) is 0 Å². The van der Waals surface area contributed by atoms with Crippen molar-refractivity contribution < 1.29 is 9.53 Å². The molecule has 27 heavy (non-hydrogen) atoms. The fourth-order valence-corrected chi connectivity index (χ4v) is 3.67. The van der Waals surface area contributed by atoms with E-state index in [4.69, 9.17) is 4.74 Å². The van der Waals surface area contributed by atoms with Gasteiger partial charge in [-0.2, -0.15) is 0 Å². The minimum Gasteiger partial charge on any atom is -0.494 e. The lowest BCUT2D eigenvalue weighted by molar-refractivity contribution is 0.0957. The van der Waals surface area contributed by atoms with Crippen molar-refractivity contribution in [2.75, 3.05) is 13.2 Å². The van der Waals surface area contributed by atoms with E-state index >= 15 is 0 Å². The molecule has 0 unspecified atom stereocenters. The van der Waals surface area contributed by atoms with Crippen LogP contribution in [0.5, 0.6) is 5.75 Å². The molecule has 1 amide bonds. The van der Waals surface area contributed by atoms with Crippen molar-refractivity contribution in [3.8, 4) is 22.1 Å². The first-order chi connectivity index (χ1) is 13.0. The summed E-state index contributed by atoms with van der Waals surface area (Å²) in [5, 5.41) is 12.2. The quantitative estimate of drug-likeness (QED) is 0.673. The van der Waals surface area contributed by atoms with Crippen LogP contribution in [0.15, 0.2) is 24.3 Å². The Morgan fingerprint density at radius 1 is 1.22 bits per heavy atom. The Hall–Kier alpha value is -2.74. The summed E-state index contributed by atoms with van der Waals surface area (Å²) in [4.78, 5) is 17.4. The van der Waals surface area contributed by atoms with Crippen LogP contribution in [0.3, 0.4) is 0 Å². The summed E-state index contributed by atoms with van der Waals surface area (Å²) in [5.41, 5.74) is 3.16. The van der Waals surface area contributed by atoms with Crippen LogP contribution in [0.2, 0.25) is 0 Å². The molecule has 0 radical (unpaired) electrons. The molecule has 0 bridgehead atoms. The van der Waals surface area contributed by atoms with Gasteiger partial charge in [-0.15, -0.1) is 16.4 Å². The lowest BCUT2D eigenvalue weighted by Crippen LogP contribution is -2.23. The van der Waals surface area contributed by atoms with Gasteiger partial charge >= 0.3 is 0 Å². The highest BCUT2D eigenvalue weighted by atomic mass is 32.1. The molecule has 0 saturated carbocycles. The van der Waals surface area contributed by atoms with Crippen molar-refractivity contribution in [2.45, 2.75) is 34.1 Å². The third-order valence-electron chi connectivity index (χ3n) is 4.03. The third-order valence-corrected chi connectivity index (χ3v) is 5.19. The number of nitrogens with one attached hydrogen (secondary N) is 1. The Balaban J connectivity index is 1.88. The number of thiazole rings is 1. The molecular weight excluding hydrogens is 362 g/mol. The van der Waals surface area contributed by atoms with Crippen molar-refractivity contribution in [3.05, 3.63) is 40.5 Å². The van der Waals surface area contributed by atoms with Gasteiger partial charge in [0.15, 0.2) is 0 Å². The molecule has 1 N–H and O–H groups in total. The maximum Gasteiger partial charge on any atom is 0.263 e. The molecule has 3 aromatic rings. The van der Waals surface area contributed by atoms with E-state index in [1.165, 1.54) is 11.3 Å². The number of hydrogen-bond acceptors (Lipinski definition) is 6. The fourth-order valence-electron chi connectivity index (χ4n) is 2.65. The first kappa shape index (κ1) is 19.0. The highest BCUT2D eigenvalue weighted by Gasteiger charge is 2.20. The zero-order valence-corrected chi connectivity index (χ0v) is 16.8. The highest BCUT2D eigenvalue weighted by molar-refractivity contribution is 7.17. The number of hydrogen-bond donors (Lipinski definition) is 1. The Morgan fingerprint density at radius 2 is 1.96 bits per heavy atom. The van der Waals surface area contributed by atoms with Gasteiger partial charge in [0.25, 0.3) is 5.91 Å². The normalized spacial score (nSPS) is 10.8. The maximum atomic E-state index is 12.3. The van der Waals surface area contributed by atoms with Crippen molar-refractivity contribution in [3.63, 3.8) is 0 Å². The standard InChI is InChI=1S/C19H23N5O2S/c1-5-11-20-18(25)17-12(3)21-19(27-17)16-13(4)24(23-22-16)14-7-9-15(10-8-14)26-6-2/h7-10H,5-6,11H2,1-4H3,(H,20,25). The van der Waals surface area contributed by atoms with E-state index in [9.17, 15) is 4.79 Å². The zero-order valence-electron chi connectivity index (χ0n) is 15.9. The molecule has 142 valence electrons. The Bertz CT molecular complexity index is 930. The summed E-state index contributed by atoms with van der Waals surface area (Å²) < 4.78 is 7.24. The van der Waals surface area contributed by atoms with Gasteiger partial charge in [0.1, 0.15) is 21.3 Å². The van der Waals surface area contributed by atoms with Gasteiger partial charge in [-0.1, -0.05) is 12.1 Å². The number of benzene rings is 1. The number of rotatable bonds is 7. The second-order valence-corrected chi connectivity index (χ2v) is 7.05. The van der Waals surface area contributed by atoms with Gasteiger partial charge in [0.2, 0.25) is 0 Å². The Morgan fingerprint density at radius 3 is 2.63 bits per heavy atom. The number of aryl methyl sites for hydroxylation is 1. The van der Waals surface area contributed by atoms with Gasteiger partial charge in [-0.25, -0.2) is 9.67 Å². The number of carbonyl (C=O) groups is 1. The van der Waals surface area contributed by atoms with Crippen molar-refractivity contribution in [2.24, 2.45) is 0 Å². The summed E-state index contributed by atoms with van der Waals surface area (Å²) in [7, 11) is 0. The molecule has 8 heteroatoms. The van der Waals surface area contributed by atoms with E-state index in [1.807, 2.05) is 52.0 Å². The predicted octanol–water partition coefficient (Wildman–Crippen LogP) is 3.55. The van der Waals surface area contributed by atoms with E-state index in [0.717, 1.165) is 23.6 Å². The molecule has 3 rings (SSSR count). The van der Waals surface area contributed by atoms with Crippen LogP contribution < -0.4 is 10.1 Å². The fraction of sp³-hybridized carbons (Fsp3) is 0.368. The largest absolute Gasteiger partial charge is 0.494 e. The number of aromatic nitrogens is 4. The minimum absolute atomic E-state index is 0.0883. The summed E-state index contributed by atoms with van der Waals surface area (Å²) in [6.07, 6.45) is 0.895. The van der Waals surface area contributed by atoms with Gasteiger partial charge in [0, 0.05) is 6.54 Å². The van der Waals surface area contributed by atoms with Crippen LogP contribution in [0.4, 0.5) is 0 Å². The van der Waals surface area contributed by atoms with E-state index in [-0.39, 0.29) is 5.91 Å². The molecule has 0 aliphatic heterocycles. The summed E-state index contributed by atoms with van der Waals surface area (Å²) in [6.45, 7) is 9.04. The molecule has 0 aliphatic carbocycles.